The zero-order valence-electron chi connectivity index (χ0n) is 9.26. The number of furan rings is 1. The molecule has 1 N–H and O–H groups in total. The van der Waals surface area contributed by atoms with Crippen LogP contribution in [-0.4, -0.2) is 5.91 Å². The lowest BCUT2D eigenvalue weighted by Gasteiger charge is -2.16. The molecule has 1 aromatic heterocycles. The Labute approximate surface area is 94.8 Å². The molecular formula is C11H16ClNO2. The van der Waals surface area contributed by atoms with Crippen molar-refractivity contribution in [3.63, 3.8) is 0 Å². The minimum absolute atomic E-state index is 0.00485. The molecule has 0 atom stereocenters. The molecular weight excluding hydrogens is 214 g/mol. The van der Waals surface area contributed by atoms with E-state index in [2.05, 4.69) is 5.32 Å². The number of halogens is 1. The van der Waals surface area contributed by atoms with Gasteiger partial charge >= 0.3 is 0 Å². The van der Waals surface area contributed by atoms with Crippen LogP contribution in [0.5, 0.6) is 0 Å². The van der Waals surface area contributed by atoms with Gasteiger partial charge < -0.3 is 9.73 Å². The van der Waals surface area contributed by atoms with Gasteiger partial charge in [-0.2, -0.15) is 0 Å². The standard InChI is InChI=1S/C11H16ClNO2/c1-11(2,3)6-10(14)13-7-8-4-5-9(12)15-8/h4-5H,6-7H2,1-3H3,(H,13,14). The Kier molecular flexibility index (Phi) is 3.80. The summed E-state index contributed by atoms with van der Waals surface area (Å²) in [6.45, 7) is 6.46. The molecule has 15 heavy (non-hydrogen) atoms. The molecule has 0 aliphatic heterocycles. The number of rotatable bonds is 3. The second-order valence-electron chi connectivity index (χ2n) is 4.72. The molecule has 0 saturated heterocycles. The first-order valence-electron chi connectivity index (χ1n) is 4.88. The molecule has 0 radical (unpaired) electrons. The molecule has 1 amide bonds. The van der Waals surface area contributed by atoms with Crippen molar-refractivity contribution in [2.24, 2.45) is 5.41 Å². The second-order valence-corrected chi connectivity index (χ2v) is 5.09. The van der Waals surface area contributed by atoms with Crippen LogP contribution in [-0.2, 0) is 11.3 Å². The van der Waals surface area contributed by atoms with E-state index in [-0.39, 0.29) is 11.3 Å². The highest BCUT2D eigenvalue weighted by atomic mass is 35.5. The van der Waals surface area contributed by atoms with Crippen molar-refractivity contribution in [3.8, 4) is 0 Å². The van der Waals surface area contributed by atoms with Crippen LogP contribution in [0.25, 0.3) is 0 Å². The van der Waals surface area contributed by atoms with Crippen LogP contribution in [0.15, 0.2) is 16.5 Å². The molecule has 0 aliphatic rings. The maximum Gasteiger partial charge on any atom is 0.220 e. The Morgan fingerprint density at radius 1 is 1.47 bits per heavy atom. The Hall–Kier alpha value is -0.960. The van der Waals surface area contributed by atoms with E-state index in [4.69, 9.17) is 16.0 Å². The lowest BCUT2D eigenvalue weighted by molar-refractivity contribution is -0.123. The topological polar surface area (TPSA) is 42.2 Å². The van der Waals surface area contributed by atoms with Crippen molar-refractivity contribution in [3.05, 3.63) is 23.1 Å². The van der Waals surface area contributed by atoms with Crippen LogP contribution in [0.2, 0.25) is 5.22 Å². The zero-order valence-corrected chi connectivity index (χ0v) is 10.0. The lowest BCUT2D eigenvalue weighted by Crippen LogP contribution is -2.26. The lowest BCUT2D eigenvalue weighted by atomic mass is 9.92. The fourth-order valence-corrected chi connectivity index (χ4v) is 1.34. The molecule has 0 fully saturated rings. The molecule has 1 aromatic rings. The molecule has 1 heterocycles. The molecule has 84 valence electrons. The van der Waals surface area contributed by atoms with E-state index in [0.717, 1.165) is 0 Å². The Morgan fingerprint density at radius 3 is 2.60 bits per heavy atom. The first-order valence-corrected chi connectivity index (χ1v) is 5.25. The Balaban J connectivity index is 2.35. The number of carbonyl (C=O) groups is 1. The van der Waals surface area contributed by atoms with Crippen molar-refractivity contribution in [1.29, 1.82) is 0 Å². The predicted molar refractivity (Wildman–Crippen MR) is 59.6 cm³/mol. The quantitative estimate of drug-likeness (QED) is 0.866. The van der Waals surface area contributed by atoms with Crippen molar-refractivity contribution >= 4 is 17.5 Å². The second kappa shape index (κ2) is 4.71. The van der Waals surface area contributed by atoms with Gasteiger partial charge in [0.2, 0.25) is 5.91 Å². The van der Waals surface area contributed by atoms with E-state index in [1.807, 2.05) is 20.8 Å². The minimum Gasteiger partial charge on any atom is -0.448 e. The van der Waals surface area contributed by atoms with Crippen LogP contribution < -0.4 is 5.32 Å². The van der Waals surface area contributed by atoms with E-state index in [0.29, 0.717) is 23.9 Å². The Morgan fingerprint density at radius 2 is 2.13 bits per heavy atom. The molecule has 0 aliphatic carbocycles. The summed E-state index contributed by atoms with van der Waals surface area (Å²) in [6.07, 6.45) is 0.501. The van der Waals surface area contributed by atoms with E-state index >= 15 is 0 Å². The highest BCUT2D eigenvalue weighted by molar-refractivity contribution is 6.28. The van der Waals surface area contributed by atoms with Gasteiger partial charge in [-0.3, -0.25) is 4.79 Å². The van der Waals surface area contributed by atoms with Gasteiger partial charge in [-0.25, -0.2) is 0 Å². The summed E-state index contributed by atoms with van der Waals surface area (Å²) < 4.78 is 5.11. The van der Waals surface area contributed by atoms with E-state index in [1.54, 1.807) is 12.1 Å². The maximum atomic E-state index is 11.5. The van der Waals surface area contributed by atoms with Crippen LogP contribution >= 0.6 is 11.6 Å². The van der Waals surface area contributed by atoms with Crippen molar-refractivity contribution in [1.82, 2.24) is 5.32 Å². The first kappa shape index (κ1) is 12.1. The van der Waals surface area contributed by atoms with Crippen LogP contribution in [0.1, 0.15) is 33.0 Å². The van der Waals surface area contributed by atoms with Crippen LogP contribution in [0.4, 0.5) is 0 Å². The highest BCUT2D eigenvalue weighted by Crippen LogP contribution is 2.18. The van der Waals surface area contributed by atoms with Crippen LogP contribution in [0, 0.1) is 5.41 Å². The summed E-state index contributed by atoms with van der Waals surface area (Å²) in [7, 11) is 0. The molecule has 0 spiro atoms. The van der Waals surface area contributed by atoms with Crippen molar-refractivity contribution in [2.75, 3.05) is 0 Å². The first-order chi connectivity index (χ1) is 6.87. The summed E-state index contributed by atoms with van der Waals surface area (Å²) in [6, 6.07) is 3.41. The summed E-state index contributed by atoms with van der Waals surface area (Å²) in [4.78, 5) is 11.5. The number of amides is 1. The van der Waals surface area contributed by atoms with Gasteiger partial charge in [0.25, 0.3) is 0 Å². The molecule has 3 nitrogen and oxygen atoms in total. The summed E-state index contributed by atoms with van der Waals surface area (Å²) in [5, 5.41) is 3.12. The fraction of sp³-hybridized carbons (Fsp3) is 0.545. The fourth-order valence-electron chi connectivity index (χ4n) is 1.18. The Bertz CT molecular complexity index is 339. The van der Waals surface area contributed by atoms with Gasteiger partial charge in [0, 0.05) is 6.42 Å². The summed E-state index contributed by atoms with van der Waals surface area (Å²) in [5.41, 5.74) is 0.00485. The highest BCUT2D eigenvalue weighted by Gasteiger charge is 2.15. The molecule has 0 aromatic carbocycles. The SMILES string of the molecule is CC(C)(C)CC(=O)NCc1ccc(Cl)o1. The third-order valence-corrected chi connectivity index (χ3v) is 1.98. The minimum atomic E-state index is 0.00485. The smallest absolute Gasteiger partial charge is 0.220 e. The van der Waals surface area contributed by atoms with Crippen LogP contribution in [0.3, 0.4) is 0 Å². The van der Waals surface area contributed by atoms with Gasteiger partial charge in [-0.1, -0.05) is 20.8 Å². The average Bonchev–Trinajstić information content (AvgIpc) is 2.45. The normalized spacial score (nSPS) is 11.5. The number of carbonyl (C=O) groups excluding carboxylic acids is 1. The molecule has 0 unspecified atom stereocenters. The van der Waals surface area contributed by atoms with Gasteiger partial charge in [0.05, 0.1) is 6.54 Å². The number of hydrogen-bond donors (Lipinski definition) is 1. The van der Waals surface area contributed by atoms with Crippen molar-refractivity contribution < 1.29 is 9.21 Å². The van der Waals surface area contributed by atoms with Gasteiger partial charge in [0.1, 0.15) is 5.76 Å². The van der Waals surface area contributed by atoms with Crippen molar-refractivity contribution in [2.45, 2.75) is 33.7 Å². The van der Waals surface area contributed by atoms with Gasteiger partial charge in [-0.05, 0) is 29.1 Å². The molecule has 4 heteroatoms. The van der Waals surface area contributed by atoms with Gasteiger partial charge in [0.15, 0.2) is 5.22 Å². The summed E-state index contributed by atoms with van der Waals surface area (Å²) in [5.74, 6) is 0.692. The zero-order chi connectivity index (χ0) is 11.5. The predicted octanol–water partition coefficient (Wildman–Crippen LogP) is 2.99. The summed E-state index contributed by atoms with van der Waals surface area (Å²) >= 11 is 5.60. The monoisotopic (exact) mass is 229 g/mol. The van der Waals surface area contributed by atoms with E-state index < -0.39 is 0 Å². The molecule has 0 bridgehead atoms. The molecule has 1 rings (SSSR count). The van der Waals surface area contributed by atoms with E-state index in [9.17, 15) is 4.79 Å². The largest absolute Gasteiger partial charge is 0.448 e. The third-order valence-electron chi connectivity index (χ3n) is 1.78. The average molecular weight is 230 g/mol. The molecule has 0 saturated carbocycles. The number of hydrogen-bond acceptors (Lipinski definition) is 2. The van der Waals surface area contributed by atoms with E-state index in [1.165, 1.54) is 0 Å². The van der Waals surface area contributed by atoms with Gasteiger partial charge in [-0.15, -0.1) is 0 Å². The number of nitrogens with one attached hydrogen (secondary N) is 1. The maximum absolute atomic E-state index is 11.5. The third kappa shape index (κ3) is 4.88.